The maximum atomic E-state index is 12.7. The standard InChI is InChI=1S/C15H19N3O5S2/c19-24(20,11-14-13-3-1-2-4-15(13)23-16-14)17-7-9-18(10-8-17)25(21,22)12-5-6-12/h1-4,12H,5-11H2. The Labute approximate surface area is 146 Å². The van der Waals surface area contributed by atoms with Crippen molar-refractivity contribution in [2.45, 2.75) is 23.8 Å². The SMILES string of the molecule is O=S(=O)(Cc1noc2ccccc12)N1CCN(S(=O)(=O)C2CC2)CC1. The van der Waals surface area contributed by atoms with Gasteiger partial charge in [0.2, 0.25) is 20.0 Å². The predicted octanol–water partition coefficient (Wildman–Crippen LogP) is 0.767. The topological polar surface area (TPSA) is 101 Å². The summed E-state index contributed by atoms with van der Waals surface area (Å²) >= 11 is 0. The van der Waals surface area contributed by atoms with Crippen LogP contribution in [0.5, 0.6) is 0 Å². The average molecular weight is 385 g/mol. The van der Waals surface area contributed by atoms with Gasteiger partial charge in [-0.05, 0) is 25.0 Å². The van der Waals surface area contributed by atoms with Crippen LogP contribution in [0, 0.1) is 0 Å². The van der Waals surface area contributed by atoms with Crippen LogP contribution in [0.3, 0.4) is 0 Å². The highest BCUT2D eigenvalue weighted by Crippen LogP contribution is 2.31. The molecule has 0 unspecified atom stereocenters. The molecule has 10 heteroatoms. The van der Waals surface area contributed by atoms with Crippen LogP contribution >= 0.6 is 0 Å². The molecule has 2 aromatic rings. The third-order valence-electron chi connectivity index (χ3n) is 4.67. The van der Waals surface area contributed by atoms with Gasteiger partial charge in [-0.15, -0.1) is 0 Å². The Morgan fingerprint density at radius 2 is 1.64 bits per heavy atom. The zero-order valence-corrected chi connectivity index (χ0v) is 15.2. The van der Waals surface area contributed by atoms with Crippen LogP contribution in [0.15, 0.2) is 28.8 Å². The minimum atomic E-state index is -3.58. The molecule has 0 spiro atoms. The number of rotatable bonds is 5. The zero-order valence-electron chi connectivity index (χ0n) is 13.5. The quantitative estimate of drug-likeness (QED) is 0.753. The van der Waals surface area contributed by atoms with Crippen molar-refractivity contribution in [3.05, 3.63) is 30.0 Å². The fourth-order valence-corrected chi connectivity index (χ4v) is 6.37. The third kappa shape index (κ3) is 3.19. The summed E-state index contributed by atoms with van der Waals surface area (Å²) in [6.45, 7) is 0.753. The second-order valence-corrected chi connectivity index (χ2v) is 10.6. The van der Waals surface area contributed by atoms with E-state index in [2.05, 4.69) is 5.16 Å². The summed E-state index contributed by atoms with van der Waals surface area (Å²) in [7, 11) is -6.83. The maximum absolute atomic E-state index is 12.7. The summed E-state index contributed by atoms with van der Waals surface area (Å²) in [4.78, 5) is 0. The molecule has 1 aliphatic heterocycles. The Morgan fingerprint density at radius 1 is 1.00 bits per heavy atom. The van der Waals surface area contributed by atoms with E-state index >= 15 is 0 Å². The second-order valence-electron chi connectivity index (χ2n) is 6.42. The molecule has 2 fully saturated rings. The third-order valence-corrected chi connectivity index (χ3v) is 8.86. The Bertz CT molecular complexity index is 987. The summed E-state index contributed by atoms with van der Waals surface area (Å²) in [5.74, 6) is -0.251. The molecule has 1 saturated carbocycles. The fourth-order valence-electron chi connectivity index (χ4n) is 3.09. The molecule has 0 N–H and O–H groups in total. The van der Waals surface area contributed by atoms with Crippen LogP contribution in [-0.4, -0.2) is 62.0 Å². The van der Waals surface area contributed by atoms with Crippen molar-refractivity contribution in [1.82, 2.24) is 13.8 Å². The van der Waals surface area contributed by atoms with E-state index in [0.717, 1.165) is 0 Å². The molecule has 2 heterocycles. The summed E-state index contributed by atoms with van der Waals surface area (Å²) in [5, 5.41) is 4.29. The zero-order chi connectivity index (χ0) is 17.7. The molecular weight excluding hydrogens is 366 g/mol. The fraction of sp³-hybridized carbons (Fsp3) is 0.533. The highest BCUT2D eigenvalue weighted by Gasteiger charge is 2.42. The number of para-hydroxylation sites is 1. The molecule has 4 rings (SSSR count). The van der Waals surface area contributed by atoms with Crippen LogP contribution < -0.4 is 0 Å². The van der Waals surface area contributed by atoms with Crippen molar-refractivity contribution in [1.29, 1.82) is 0 Å². The van der Waals surface area contributed by atoms with Crippen LogP contribution in [0.2, 0.25) is 0 Å². The van der Waals surface area contributed by atoms with Gasteiger partial charge in [0, 0.05) is 31.6 Å². The van der Waals surface area contributed by atoms with Crippen molar-refractivity contribution < 1.29 is 21.4 Å². The molecular formula is C15H19N3O5S2. The number of hydrogen-bond acceptors (Lipinski definition) is 6. The lowest BCUT2D eigenvalue weighted by Crippen LogP contribution is -2.51. The number of nitrogens with zero attached hydrogens (tertiary/aromatic N) is 3. The van der Waals surface area contributed by atoms with Gasteiger partial charge in [0.15, 0.2) is 5.58 Å². The smallest absolute Gasteiger partial charge is 0.220 e. The summed E-state index contributed by atoms with van der Waals surface area (Å²) in [5.41, 5.74) is 0.927. The van der Waals surface area contributed by atoms with Gasteiger partial charge in [-0.3, -0.25) is 0 Å². The second kappa shape index (κ2) is 6.04. The van der Waals surface area contributed by atoms with E-state index in [4.69, 9.17) is 4.52 Å². The lowest BCUT2D eigenvalue weighted by Gasteiger charge is -2.33. The van der Waals surface area contributed by atoms with Gasteiger partial charge in [0.1, 0.15) is 11.4 Å². The van der Waals surface area contributed by atoms with E-state index in [0.29, 0.717) is 29.5 Å². The number of sulfonamides is 2. The van der Waals surface area contributed by atoms with E-state index in [-0.39, 0.29) is 37.2 Å². The van der Waals surface area contributed by atoms with Gasteiger partial charge in [-0.25, -0.2) is 16.8 Å². The molecule has 8 nitrogen and oxygen atoms in total. The van der Waals surface area contributed by atoms with Gasteiger partial charge >= 0.3 is 0 Å². The van der Waals surface area contributed by atoms with Crippen LogP contribution in [-0.2, 0) is 25.8 Å². The highest BCUT2D eigenvalue weighted by molar-refractivity contribution is 7.90. The maximum Gasteiger partial charge on any atom is 0.220 e. The van der Waals surface area contributed by atoms with Crippen LogP contribution in [0.4, 0.5) is 0 Å². The largest absolute Gasteiger partial charge is 0.356 e. The molecule has 1 saturated heterocycles. The number of hydrogen-bond donors (Lipinski definition) is 0. The van der Waals surface area contributed by atoms with E-state index in [1.54, 1.807) is 24.3 Å². The predicted molar refractivity (Wildman–Crippen MR) is 91.7 cm³/mol. The minimum absolute atomic E-state index is 0.171. The molecule has 25 heavy (non-hydrogen) atoms. The first kappa shape index (κ1) is 17.0. The molecule has 136 valence electrons. The van der Waals surface area contributed by atoms with Gasteiger partial charge in [0.25, 0.3) is 0 Å². The summed E-state index contributed by atoms with van der Waals surface area (Å²) in [6.07, 6.45) is 1.42. The van der Waals surface area contributed by atoms with Gasteiger partial charge in [-0.2, -0.15) is 8.61 Å². The monoisotopic (exact) mass is 385 g/mol. The van der Waals surface area contributed by atoms with Gasteiger partial charge in [-0.1, -0.05) is 17.3 Å². The first-order valence-corrected chi connectivity index (χ1v) is 11.3. The summed E-state index contributed by atoms with van der Waals surface area (Å²) < 4.78 is 57.8. The molecule has 1 aliphatic carbocycles. The number of fused-ring (bicyclic) bond motifs is 1. The van der Waals surface area contributed by atoms with Crippen LogP contribution in [0.25, 0.3) is 11.0 Å². The molecule has 0 atom stereocenters. The number of benzene rings is 1. The Hall–Kier alpha value is -1.49. The normalized spacial score (nSPS) is 21.0. The molecule has 0 bridgehead atoms. The summed E-state index contributed by atoms with van der Waals surface area (Å²) in [6, 6.07) is 7.11. The average Bonchev–Trinajstić information content (AvgIpc) is 3.39. The Morgan fingerprint density at radius 3 is 2.32 bits per heavy atom. The molecule has 2 aliphatic rings. The van der Waals surface area contributed by atoms with E-state index < -0.39 is 20.0 Å². The molecule has 0 radical (unpaired) electrons. The number of piperazine rings is 1. The van der Waals surface area contributed by atoms with Crippen molar-refractivity contribution in [2.24, 2.45) is 0 Å². The lowest BCUT2D eigenvalue weighted by molar-refractivity contribution is 0.272. The van der Waals surface area contributed by atoms with Crippen molar-refractivity contribution in [3.8, 4) is 0 Å². The Balaban J connectivity index is 1.46. The van der Waals surface area contributed by atoms with Crippen LogP contribution in [0.1, 0.15) is 18.5 Å². The van der Waals surface area contributed by atoms with E-state index in [1.165, 1.54) is 8.61 Å². The van der Waals surface area contributed by atoms with Gasteiger partial charge in [0.05, 0.1) is 5.25 Å². The highest BCUT2D eigenvalue weighted by atomic mass is 32.2. The molecule has 0 amide bonds. The first-order chi connectivity index (χ1) is 11.9. The minimum Gasteiger partial charge on any atom is -0.356 e. The van der Waals surface area contributed by atoms with Crippen molar-refractivity contribution in [2.75, 3.05) is 26.2 Å². The van der Waals surface area contributed by atoms with E-state index in [1.807, 2.05) is 0 Å². The molecule has 1 aromatic carbocycles. The number of aromatic nitrogens is 1. The van der Waals surface area contributed by atoms with Crippen molar-refractivity contribution >= 4 is 31.0 Å². The molecule has 1 aromatic heterocycles. The Kier molecular flexibility index (Phi) is 4.10. The lowest BCUT2D eigenvalue weighted by atomic mass is 10.2. The van der Waals surface area contributed by atoms with E-state index in [9.17, 15) is 16.8 Å². The van der Waals surface area contributed by atoms with Crippen molar-refractivity contribution in [3.63, 3.8) is 0 Å². The first-order valence-electron chi connectivity index (χ1n) is 8.18. The van der Waals surface area contributed by atoms with Gasteiger partial charge < -0.3 is 4.52 Å².